The van der Waals surface area contributed by atoms with E-state index in [0.29, 0.717) is 6.04 Å². The minimum Gasteiger partial charge on any atom is -0.373 e. The predicted molar refractivity (Wildman–Crippen MR) is 54.7 cm³/mol. The Morgan fingerprint density at radius 1 is 1.54 bits per heavy atom. The van der Waals surface area contributed by atoms with E-state index in [1.807, 2.05) is 0 Å². The molecule has 3 nitrogen and oxygen atoms in total. The predicted octanol–water partition coefficient (Wildman–Crippen LogP) is 0.834. The highest BCUT2D eigenvalue weighted by molar-refractivity contribution is 4.80. The smallest absolute Gasteiger partial charge is 0.0753 e. The van der Waals surface area contributed by atoms with Crippen LogP contribution in [0.25, 0.3) is 0 Å². The second kappa shape index (κ2) is 4.40. The minimum absolute atomic E-state index is 0.00567. The maximum atomic E-state index is 5.91. The first kappa shape index (κ1) is 11.0. The van der Waals surface area contributed by atoms with Gasteiger partial charge in [0.2, 0.25) is 0 Å². The van der Waals surface area contributed by atoms with Crippen LogP contribution in [-0.2, 0) is 4.74 Å². The zero-order valence-corrected chi connectivity index (χ0v) is 9.05. The second-order valence-electron chi connectivity index (χ2n) is 4.51. The van der Waals surface area contributed by atoms with Gasteiger partial charge in [-0.3, -0.25) is 4.90 Å². The van der Waals surface area contributed by atoms with Crippen molar-refractivity contribution in [3.05, 3.63) is 0 Å². The first-order chi connectivity index (χ1) is 6.03. The molecule has 0 spiro atoms. The van der Waals surface area contributed by atoms with Gasteiger partial charge in [-0.25, -0.2) is 0 Å². The third kappa shape index (κ3) is 3.63. The second-order valence-corrected chi connectivity index (χ2v) is 4.51. The van der Waals surface area contributed by atoms with Gasteiger partial charge in [-0.15, -0.1) is 0 Å². The van der Waals surface area contributed by atoms with Gasteiger partial charge >= 0.3 is 0 Å². The Morgan fingerprint density at radius 3 is 2.77 bits per heavy atom. The molecule has 0 unspecified atom stereocenters. The molecule has 0 aromatic heterocycles. The number of nitrogens with zero attached hydrogens (tertiary/aromatic N) is 1. The lowest BCUT2D eigenvalue weighted by Crippen LogP contribution is -2.51. The monoisotopic (exact) mass is 186 g/mol. The van der Waals surface area contributed by atoms with E-state index in [1.54, 1.807) is 0 Å². The zero-order chi connectivity index (χ0) is 9.90. The maximum absolute atomic E-state index is 5.91. The Balaban J connectivity index is 2.34. The third-order valence-corrected chi connectivity index (χ3v) is 2.52. The van der Waals surface area contributed by atoms with E-state index in [4.69, 9.17) is 10.5 Å². The molecular weight excluding hydrogens is 164 g/mol. The standard InChI is InChI=1S/C10H22N2O/c1-4-9(11)7-12-5-6-13-10(2,3)8-12/h9H,4-8,11H2,1-3H3/t9-/m1/s1. The summed E-state index contributed by atoms with van der Waals surface area (Å²) in [6.45, 7) is 10.3. The third-order valence-electron chi connectivity index (χ3n) is 2.52. The largest absolute Gasteiger partial charge is 0.373 e. The van der Waals surface area contributed by atoms with Crippen LogP contribution < -0.4 is 5.73 Å². The SMILES string of the molecule is CC[C@@H](N)CN1CCOC(C)(C)C1. The van der Waals surface area contributed by atoms with Crippen molar-refractivity contribution in [1.29, 1.82) is 0 Å². The molecule has 78 valence electrons. The van der Waals surface area contributed by atoms with Gasteiger partial charge in [-0.2, -0.15) is 0 Å². The molecule has 3 heteroatoms. The number of rotatable bonds is 3. The molecule has 0 saturated carbocycles. The van der Waals surface area contributed by atoms with Crippen LogP contribution in [0.15, 0.2) is 0 Å². The highest BCUT2D eigenvalue weighted by Crippen LogP contribution is 2.16. The molecule has 1 aliphatic rings. The number of ether oxygens (including phenoxy) is 1. The molecule has 13 heavy (non-hydrogen) atoms. The number of morpholine rings is 1. The van der Waals surface area contributed by atoms with Crippen molar-refractivity contribution in [2.45, 2.75) is 38.8 Å². The lowest BCUT2D eigenvalue weighted by molar-refractivity contribution is -0.0869. The van der Waals surface area contributed by atoms with Gasteiger partial charge in [0.25, 0.3) is 0 Å². The van der Waals surface area contributed by atoms with E-state index in [0.717, 1.165) is 32.7 Å². The van der Waals surface area contributed by atoms with Gasteiger partial charge in [-0.1, -0.05) is 6.92 Å². The van der Waals surface area contributed by atoms with Crippen LogP contribution in [0.1, 0.15) is 27.2 Å². The topological polar surface area (TPSA) is 38.5 Å². The highest BCUT2D eigenvalue weighted by Gasteiger charge is 2.27. The molecule has 1 aliphatic heterocycles. The Kier molecular flexibility index (Phi) is 3.71. The highest BCUT2D eigenvalue weighted by atomic mass is 16.5. The van der Waals surface area contributed by atoms with Crippen molar-refractivity contribution in [3.63, 3.8) is 0 Å². The average molecular weight is 186 g/mol. The van der Waals surface area contributed by atoms with E-state index < -0.39 is 0 Å². The summed E-state index contributed by atoms with van der Waals surface area (Å²) in [5.74, 6) is 0. The van der Waals surface area contributed by atoms with Gasteiger partial charge in [0.1, 0.15) is 0 Å². The molecule has 0 amide bonds. The summed E-state index contributed by atoms with van der Waals surface area (Å²) in [6, 6.07) is 0.314. The maximum Gasteiger partial charge on any atom is 0.0753 e. The van der Waals surface area contributed by atoms with E-state index in [2.05, 4.69) is 25.7 Å². The van der Waals surface area contributed by atoms with Gasteiger partial charge in [-0.05, 0) is 20.3 Å². The summed E-state index contributed by atoms with van der Waals surface area (Å²) >= 11 is 0. The number of nitrogens with two attached hydrogens (primary N) is 1. The summed E-state index contributed by atoms with van der Waals surface area (Å²) in [6.07, 6.45) is 1.05. The number of hydrogen-bond donors (Lipinski definition) is 1. The molecule has 1 heterocycles. The van der Waals surface area contributed by atoms with Crippen molar-refractivity contribution in [3.8, 4) is 0 Å². The molecule has 0 aromatic carbocycles. The zero-order valence-electron chi connectivity index (χ0n) is 9.05. The van der Waals surface area contributed by atoms with E-state index in [9.17, 15) is 0 Å². The molecule has 0 radical (unpaired) electrons. The molecule has 1 fully saturated rings. The molecule has 0 aromatic rings. The Bertz CT molecular complexity index is 159. The van der Waals surface area contributed by atoms with Gasteiger partial charge in [0.05, 0.1) is 12.2 Å². The molecule has 0 aliphatic carbocycles. The van der Waals surface area contributed by atoms with Crippen molar-refractivity contribution in [1.82, 2.24) is 4.90 Å². The van der Waals surface area contributed by atoms with Crippen LogP contribution in [-0.4, -0.2) is 42.8 Å². The van der Waals surface area contributed by atoms with Gasteiger partial charge in [0.15, 0.2) is 0 Å². The Hall–Kier alpha value is -0.120. The van der Waals surface area contributed by atoms with Crippen LogP contribution in [0.3, 0.4) is 0 Å². The van der Waals surface area contributed by atoms with Gasteiger partial charge in [0, 0.05) is 25.7 Å². The molecule has 1 saturated heterocycles. The van der Waals surface area contributed by atoms with Crippen molar-refractivity contribution >= 4 is 0 Å². The Labute approximate surface area is 81.2 Å². The summed E-state index contributed by atoms with van der Waals surface area (Å²) in [5, 5.41) is 0. The first-order valence-electron chi connectivity index (χ1n) is 5.15. The molecule has 1 atom stereocenters. The molecular formula is C10H22N2O. The first-order valence-corrected chi connectivity index (χ1v) is 5.15. The minimum atomic E-state index is 0.00567. The summed E-state index contributed by atoms with van der Waals surface area (Å²) < 4.78 is 5.63. The van der Waals surface area contributed by atoms with Crippen LogP contribution >= 0.6 is 0 Å². The molecule has 2 N–H and O–H groups in total. The van der Waals surface area contributed by atoms with Crippen molar-refractivity contribution < 1.29 is 4.74 Å². The van der Waals surface area contributed by atoms with E-state index in [1.165, 1.54) is 0 Å². The van der Waals surface area contributed by atoms with Crippen LogP contribution in [0, 0.1) is 0 Å². The summed E-state index contributed by atoms with van der Waals surface area (Å²) in [5.41, 5.74) is 5.92. The molecule has 1 rings (SSSR count). The Morgan fingerprint density at radius 2 is 2.23 bits per heavy atom. The summed E-state index contributed by atoms with van der Waals surface area (Å²) in [4.78, 5) is 2.40. The summed E-state index contributed by atoms with van der Waals surface area (Å²) in [7, 11) is 0. The number of hydrogen-bond acceptors (Lipinski definition) is 3. The van der Waals surface area contributed by atoms with Crippen LogP contribution in [0.4, 0.5) is 0 Å². The fourth-order valence-corrected chi connectivity index (χ4v) is 1.73. The quantitative estimate of drug-likeness (QED) is 0.709. The normalized spacial score (nSPS) is 25.8. The van der Waals surface area contributed by atoms with Crippen molar-refractivity contribution in [2.24, 2.45) is 5.73 Å². The molecule has 0 bridgehead atoms. The lowest BCUT2D eigenvalue weighted by atomic mass is 10.1. The van der Waals surface area contributed by atoms with Crippen molar-refractivity contribution in [2.75, 3.05) is 26.2 Å². The van der Waals surface area contributed by atoms with Crippen LogP contribution in [0.2, 0.25) is 0 Å². The van der Waals surface area contributed by atoms with Gasteiger partial charge < -0.3 is 10.5 Å². The fourth-order valence-electron chi connectivity index (χ4n) is 1.73. The average Bonchev–Trinajstić information content (AvgIpc) is 2.02. The van der Waals surface area contributed by atoms with E-state index in [-0.39, 0.29) is 5.60 Å². The lowest BCUT2D eigenvalue weighted by Gasteiger charge is -2.39. The fraction of sp³-hybridized carbons (Fsp3) is 1.00. The van der Waals surface area contributed by atoms with Crippen LogP contribution in [0.5, 0.6) is 0 Å². The van der Waals surface area contributed by atoms with E-state index >= 15 is 0 Å².